The van der Waals surface area contributed by atoms with Gasteiger partial charge in [0.05, 0.1) is 22.3 Å². The molecule has 0 aromatic heterocycles. The van der Waals surface area contributed by atoms with Crippen molar-refractivity contribution < 1.29 is 13.5 Å². The summed E-state index contributed by atoms with van der Waals surface area (Å²) in [6.07, 6.45) is 0. The van der Waals surface area contributed by atoms with Gasteiger partial charge in [0.15, 0.2) is 0 Å². The molecule has 0 aliphatic heterocycles. The Balaban J connectivity index is 2.49. The average molecular weight is 367 g/mol. The lowest BCUT2D eigenvalue weighted by Gasteiger charge is -2.13. The summed E-state index contributed by atoms with van der Waals surface area (Å²) in [5.74, 6) is 0. The van der Waals surface area contributed by atoms with Crippen molar-refractivity contribution in [3.05, 3.63) is 57.0 Å². The number of para-hydroxylation sites is 1. The van der Waals surface area contributed by atoms with Gasteiger partial charge < -0.3 is 5.11 Å². The minimum absolute atomic E-state index is 0.0820. The van der Waals surface area contributed by atoms with E-state index in [-0.39, 0.29) is 32.3 Å². The maximum absolute atomic E-state index is 12.4. The van der Waals surface area contributed by atoms with Crippen LogP contribution < -0.4 is 4.72 Å². The van der Waals surface area contributed by atoms with Gasteiger partial charge in [-0.1, -0.05) is 53.0 Å². The predicted octanol–water partition coefficient (Wildman–Crippen LogP) is 3.94. The van der Waals surface area contributed by atoms with Crippen LogP contribution in [0.1, 0.15) is 5.56 Å². The van der Waals surface area contributed by atoms with E-state index in [1.54, 1.807) is 18.2 Å². The molecule has 0 spiro atoms. The van der Waals surface area contributed by atoms with Gasteiger partial charge in [-0.25, -0.2) is 8.42 Å². The highest BCUT2D eigenvalue weighted by molar-refractivity contribution is 7.93. The fourth-order valence-electron chi connectivity index (χ4n) is 1.74. The monoisotopic (exact) mass is 365 g/mol. The highest BCUT2D eigenvalue weighted by Crippen LogP contribution is 2.34. The second-order valence-corrected chi connectivity index (χ2v) is 6.99. The maximum atomic E-state index is 12.4. The zero-order valence-corrected chi connectivity index (χ0v) is 13.6. The van der Waals surface area contributed by atoms with Crippen molar-refractivity contribution in [2.24, 2.45) is 0 Å². The Hall–Kier alpha value is -0.980. The fourth-order valence-corrected chi connectivity index (χ4v) is 4.39. The summed E-state index contributed by atoms with van der Waals surface area (Å²) in [6, 6.07) is 9.04. The SMILES string of the molecule is O=S(=O)(Nc1ccccc1CO)c1c(Cl)cc(Cl)cc1Cl. The van der Waals surface area contributed by atoms with Crippen LogP contribution in [-0.2, 0) is 16.6 Å². The van der Waals surface area contributed by atoms with Gasteiger partial charge in [-0.15, -0.1) is 0 Å². The first-order valence-electron chi connectivity index (χ1n) is 5.71. The van der Waals surface area contributed by atoms with Gasteiger partial charge in [0.25, 0.3) is 10.0 Å². The number of anilines is 1. The van der Waals surface area contributed by atoms with Gasteiger partial charge in [0.1, 0.15) is 4.90 Å². The number of hydrogen-bond acceptors (Lipinski definition) is 3. The molecular formula is C13H10Cl3NO3S. The lowest BCUT2D eigenvalue weighted by atomic mass is 10.2. The zero-order valence-electron chi connectivity index (χ0n) is 10.5. The standard InChI is InChI=1S/C13H10Cl3NO3S/c14-9-5-10(15)13(11(16)6-9)21(19,20)17-12-4-2-1-3-8(12)7-18/h1-6,17-18H,7H2. The van der Waals surface area contributed by atoms with Crippen molar-refractivity contribution in [1.82, 2.24) is 0 Å². The van der Waals surface area contributed by atoms with Crippen LogP contribution in [0.4, 0.5) is 5.69 Å². The van der Waals surface area contributed by atoms with E-state index in [0.717, 1.165) is 0 Å². The van der Waals surface area contributed by atoms with Crippen molar-refractivity contribution in [3.8, 4) is 0 Å². The van der Waals surface area contributed by atoms with E-state index in [1.807, 2.05) is 0 Å². The highest BCUT2D eigenvalue weighted by Gasteiger charge is 2.23. The van der Waals surface area contributed by atoms with E-state index in [0.29, 0.717) is 5.56 Å². The van der Waals surface area contributed by atoms with Crippen molar-refractivity contribution in [2.45, 2.75) is 11.5 Å². The quantitative estimate of drug-likeness (QED) is 0.861. The van der Waals surface area contributed by atoms with Gasteiger partial charge >= 0.3 is 0 Å². The summed E-state index contributed by atoms with van der Waals surface area (Å²) < 4.78 is 27.2. The molecule has 2 aromatic rings. The third kappa shape index (κ3) is 3.62. The van der Waals surface area contributed by atoms with E-state index >= 15 is 0 Å². The minimum atomic E-state index is -4.01. The number of halogens is 3. The van der Waals surface area contributed by atoms with Crippen molar-refractivity contribution in [2.75, 3.05) is 4.72 Å². The third-order valence-corrected chi connectivity index (χ3v) is 5.17. The Morgan fingerprint density at radius 1 is 1.05 bits per heavy atom. The van der Waals surface area contributed by atoms with Crippen LogP contribution in [0.25, 0.3) is 0 Å². The minimum Gasteiger partial charge on any atom is -0.392 e. The maximum Gasteiger partial charge on any atom is 0.264 e. The van der Waals surface area contributed by atoms with Gasteiger partial charge in [-0.2, -0.15) is 0 Å². The molecule has 4 nitrogen and oxygen atoms in total. The summed E-state index contributed by atoms with van der Waals surface area (Å²) in [7, 11) is -4.01. The van der Waals surface area contributed by atoms with E-state index in [1.165, 1.54) is 18.2 Å². The first-order valence-corrected chi connectivity index (χ1v) is 8.33. The topological polar surface area (TPSA) is 66.4 Å². The van der Waals surface area contributed by atoms with E-state index in [4.69, 9.17) is 34.8 Å². The van der Waals surface area contributed by atoms with Crippen molar-refractivity contribution >= 4 is 50.5 Å². The summed E-state index contributed by atoms with van der Waals surface area (Å²) in [6.45, 7) is -0.305. The van der Waals surface area contributed by atoms with Gasteiger partial charge in [-0.05, 0) is 18.2 Å². The predicted molar refractivity (Wildman–Crippen MR) is 84.6 cm³/mol. The van der Waals surface area contributed by atoms with E-state index in [9.17, 15) is 13.5 Å². The summed E-state index contributed by atoms with van der Waals surface area (Å²) in [5.41, 5.74) is 0.685. The molecule has 0 saturated carbocycles. The number of benzene rings is 2. The molecule has 0 amide bonds. The van der Waals surface area contributed by atoms with Crippen LogP contribution in [0, 0.1) is 0 Å². The number of rotatable bonds is 4. The molecule has 8 heteroatoms. The summed E-state index contributed by atoms with van der Waals surface area (Å²) >= 11 is 17.6. The molecule has 0 unspecified atom stereocenters. The van der Waals surface area contributed by atoms with E-state index in [2.05, 4.69) is 4.72 Å². The molecule has 0 saturated heterocycles. The highest BCUT2D eigenvalue weighted by atomic mass is 35.5. The van der Waals surface area contributed by atoms with Crippen LogP contribution in [0.2, 0.25) is 15.1 Å². The Morgan fingerprint density at radius 2 is 1.62 bits per heavy atom. The van der Waals surface area contributed by atoms with Crippen LogP contribution in [0.5, 0.6) is 0 Å². The fraction of sp³-hybridized carbons (Fsp3) is 0.0769. The summed E-state index contributed by atoms with van der Waals surface area (Å²) in [4.78, 5) is -0.261. The first kappa shape index (κ1) is 16.4. The van der Waals surface area contributed by atoms with Crippen LogP contribution >= 0.6 is 34.8 Å². The molecule has 0 heterocycles. The normalized spacial score (nSPS) is 11.4. The number of nitrogens with one attached hydrogen (secondary N) is 1. The number of sulfonamides is 1. The number of hydrogen-bond donors (Lipinski definition) is 2. The average Bonchev–Trinajstić information content (AvgIpc) is 2.37. The largest absolute Gasteiger partial charge is 0.392 e. The second kappa shape index (κ2) is 6.42. The molecule has 2 aromatic carbocycles. The summed E-state index contributed by atoms with van der Waals surface area (Å²) in [5, 5.41) is 9.30. The molecule has 2 N–H and O–H groups in total. The smallest absolute Gasteiger partial charge is 0.264 e. The zero-order chi connectivity index (χ0) is 15.6. The number of aliphatic hydroxyl groups excluding tert-OH is 1. The molecule has 0 bridgehead atoms. The van der Waals surface area contributed by atoms with E-state index < -0.39 is 10.0 Å². The lowest BCUT2D eigenvalue weighted by Crippen LogP contribution is -2.15. The Bertz CT molecular complexity index is 755. The lowest BCUT2D eigenvalue weighted by molar-refractivity contribution is 0.282. The molecule has 0 fully saturated rings. The second-order valence-electron chi connectivity index (χ2n) is 4.12. The Labute approximate surface area is 137 Å². The van der Waals surface area contributed by atoms with Crippen LogP contribution in [0.3, 0.4) is 0 Å². The number of aliphatic hydroxyl groups is 1. The van der Waals surface area contributed by atoms with Gasteiger partial charge in [0, 0.05) is 10.6 Å². The van der Waals surface area contributed by atoms with Crippen LogP contribution in [-0.4, -0.2) is 13.5 Å². The van der Waals surface area contributed by atoms with Gasteiger partial charge in [-0.3, -0.25) is 4.72 Å². The molecule has 0 radical (unpaired) electrons. The first-order chi connectivity index (χ1) is 9.85. The Morgan fingerprint density at radius 3 is 2.19 bits per heavy atom. The molecule has 0 aliphatic carbocycles. The van der Waals surface area contributed by atoms with Crippen molar-refractivity contribution in [1.29, 1.82) is 0 Å². The molecule has 112 valence electrons. The molecule has 0 aliphatic rings. The third-order valence-electron chi connectivity index (χ3n) is 2.66. The van der Waals surface area contributed by atoms with Crippen molar-refractivity contribution in [3.63, 3.8) is 0 Å². The molecule has 2 rings (SSSR count). The molecule has 21 heavy (non-hydrogen) atoms. The molecular weight excluding hydrogens is 357 g/mol. The van der Waals surface area contributed by atoms with Crippen LogP contribution in [0.15, 0.2) is 41.3 Å². The van der Waals surface area contributed by atoms with Gasteiger partial charge in [0.2, 0.25) is 0 Å². The molecule has 0 atom stereocenters. The Kier molecular flexibility index (Phi) is 5.01.